The van der Waals surface area contributed by atoms with Crippen LogP contribution in [0.4, 0.5) is 0 Å². The van der Waals surface area contributed by atoms with E-state index in [0.717, 1.165) is 19.5 Å². The zero-order valence-electron chi connectivity index (χ0n) is 12.1. The predicted octanol–water partition coefficient (Wildman–Crippen LogP) is 2.32. The summed E-state index contributed by atoms with van der Waals surface area (Å²) in [5.41, 5.74) is 0.192. The van der Waals surface area contributed by atoms with Gasteiger partial charge in [-0.3, -0.25) is 4.79 Å². The molecule has 2 atom stereocenters. The first kappa shape index (κ1) is 13.9. The quantitative estimate of drug-likeness (QED) is 0.809. The van der Waals surface area contributed by atoms with Crippen molar-refractivity contribution < 1.29 is 4.79 Å². The third-order valence-corrected chi connectivity index (χ3v) is 5.03. The molecule has 0 bridgehead atoms. The van der Waals surface area contributed by atoms with E-state index in [9.17, 15) is 4.79 Å². The van der Waals surface area contributed by atoms with Gasteiger partial charge in [0.15, 0.2) is 0 Å². The van der Waals surface area contributed by atoms with Crippen LogP contribution in [-0.4, -0.2) is 25.0 Å². The van der Waals surface area contributed by atoms with Gasteiger partial charge in [-0.05, 0) is 57.0 Å². The molecule has 1 heterocycles. The van der Waals surface area contributed by atoms with E-state index in [0.29, 0.717) is 17.9 Å². The van der Waals surface area contributed by atoms with Crippen LogP contribution in [0.5, 0.6) is 0 Å². The summed E-state index contributed by atoms with van der Waals surface area (Å²) in [6, 6.07) is 0.330. The smallest absolute Gasteiger partial charge is 0.223 e. The van der Waals surface area contributed by atoms with Gasteiger partial charge >= 0.3 is 0 Å². The van der Waals surface area contributed by atoms with Crippen molar-refractivity contribution in [3.05, 3.63) is 0 Å². The molecule has 1 saturated heterocycles. The molecular weight excluding hydrogens is 224 g/mol. The normalized spacial score (nSPS) is 30.1. The van der Waals surface area contributed by atoms with Gasteiger partial charge in [0, 0.05) is 12.0 Å². The number of carbonyl (C=O) groups is 1. The van der Waals surface area contributed by atoms with E-state index in [4.69, 9.17) is 0 Å². The van der Waals surface area contributed by atoms with Crippen molar-refractivity contribution in [1.82, 2.24) is 10.6 Å². The Bertz CT molecular complexity index is 295. The summed E-state index contributed by atoms with van der Waals surface area (Å²) >= 11 is 0. The maximum Gasteiger partial charge on any atom is 0.223 e. The fourth-order valence-corrected chi connectivity index (χ4v) is 3.60. The van der Waals surface area contributed by atoms with E-state index in [1.165, 1.54) is 25.7 Å². The van der Waals surface area contributed by atoms with Gasteiger partial charge in [-0.2, -0.15) is 0 Å². The average molecular weight is 252 g/mol. The molecule has 0 spiro atoms. The van der Waals surface area contributed by atoms with Crippen molar-refractivity contribution in [2.75, 3.05) is 13.1 Å². The Kier molecular flexibility index (Phi) is 4.31. The van der Waals surface area contributed by atoms with Gasteiger partial charge in [0.25, 0.3) is 0 Å². The first-order valence-electron chi connectivity index (χ1n) is 7.52. The number of nitrogens with one attached hydrogen (secondary N) is 2. The molecule has 2 fully saturated rings. The highest BCUT2D eigenvalue weighted by molar-refractivity contribution is 5.80. The lowest BCUT2D eigenvalue weighted by Gasteiger charge is -2.32. The van der Waals surface area contributed by atoms with Crippen LogP contribution in [0.3, 0.4) is 0 Å². The van der Waals surface area contributed by atoms with E-state index >= 15 is 0 Å². The Morgan fingerprint density at radius 2 is 1.94 bits per heavy atom. The first-order valence-corrected chi connectivity index (χ1v) is 7.52. The van der Waals surface area contributed by atoms with Crippen LogP contribution in [0.2, 0.25) is 0 Å². The summed E-state index contributed by atoms with van der Waals surface area (Å²) in [5, 5.41) is 6.66. The molecule has 104 valence electrons. The number of carbonyl (C=O) groups excluding carboxylic acids is 1. The lowest BCUT2D eigenvalue weighted by atomic mass is 9.81. The predicted molar refractivity (Wildman–Crippen MR) is 74.3 cm³/mol. The molecule has 0 radical (unpaired) electrons. The third kappa shape index (κ3) is 3.05. The monoisotopic (exact) mass is 252 g/mol. The number of rotatable bonds is 3. The molecule has 2 rings (SSSR count). The lowest BCUT2D eigenvalue weighted by Crippen LogP contribution is -2.46. The molecule has 18 heavy (non-hydrogen) atoms. The molecule has 2 aliphatic rings. The van der Waals surface area contributed by atoms with Gasteiger partial charge in [0.1, 0.15) is 0 Å². The second kappa shape index (κ2) is 5.60. The Morgan fingerprint density at radius 3 is 2.50 bits per heavy atom. The van der Waals surface area contributed by atoms with Crippen LogP contribution in [0.1, 0.15) is 52.9 Å². The van der Waals surface area contributed by atoms with E-state index in [1.54, 1.807) is 0 Å². The molecule has 3 heteroatoms. The topological polar surface area (TPSA) is 41.1 Å². The minimum absolute atomic E-state index is 0.192. The van der Waals surface area contributed by atoms with Crippen molar-refractivity contribution in [1.29, 1.82) is 0 Å². The van der Waals surface area contributed by atoms with Crippen molar-refractivity contribution in [3.8, 4) is 0 Å². The van der Waals surface area contributed by atoms with Crippen LogP contribution in [0.25, 0.3) is 0 Å². The highest BCUT2D eigenvalue weighted by Gasteiger charge is 2.39. The summed E-state index contributed by atoms with van der Waals surface area (Å²) in [5.74, 6) is 1.17. The van der Waals surface area contributed by atoms with Gasteiger partial charge in [-0.25, -0.2) is 0 Å². The molecular formula is C15H28N2O. The van der Waals surface area contributed by atoms with Crippen molar-refractivity contribution >= 4 is 5.91 Å². The minimum atomic E-state index is 0.192. The highest BCUT2D eigenvalue weighted by atomic mass is 16.2. The summed E-state index contributed by atoms with van der Waals surface area (Å²) in [6.07, 6.45) is 5.84. The average Bonchev–Trinajstić information content (AvgIpc) is 2.70. The molecule has 3 nitrogen and oxygen atoms in total. The largest absolute Gasteiger partial charge is 0.353 e. The van der Waals surface area contributed by atoms with Crippen LogP contribution in [0, 0.1) is 17.3 Å². The summed E-state index contributed by atoms with van der Waals surface area (Å²) in [4.78, 5) is 12.4. The van der Waals surface area contributed by atoms with Crippen LogP contribution < -0.4 is 10.6 Å². The fraction of sp³-hybridized carbons (Fsp3) is 0.933. The Morgan fingerprint density at radius 1 is 1.28 bits per heavy atom. The maximum atomic E-state index is 12.4. The highest BCUT2D eigenvalue weighted by Crippen LogP contribution is 2.42. The molecule has 1 aliphatic heterocycles. The van der Waals surface area contributed by atoms with E-state index in [1.807, 2.05) is 0 Å². The van der Waals surface area contributed by atoms with Gasteiger partial charge in [-0.1, -0.05) is 20.3 Å². The second-order valence-corrected chi connectivity index (χ2v) is 6.82. The fourth-order valence-electron chi connectivity index (χ4n) is 3.60. The third-order valence-electron chi connectivity index (χ3n) is 5.03. The Labute approximate surface area is 111 Å². The number of hydrogen-bond donors (Lipinski definition) is 2. The zero-order chi connectivity index (χ0) is 13.2. The van der Waals surface area contributed by atoms with E-state index in [-0.39, 0.29) is 11.3 Å². The number of amides is 1. The van der Waals surface area contributed by atoms with Gasteiger partial charge in [0.2, 0.25) is 5.91 Å². The Balaban J connectivity index is 1.86. The van der Waals surface area contributed by atoms with Crippen molar-refractivity contribution in [2.45, 2.75) is 58.9 Å². The summed E-state index contributed by atoms with van der Waals surface area (Å²) < 4.78 is 0. The van der Waals surface area contributed by atoms with Crippen molar-refractivity contribution in [2.24, 2.45) is 17.3 Å². The van der Waals surface area contributed by atoms with Gasteiger partial charge in [0.05, 0.1) is 0 Å². The minimum Gasteiger partial charge on any atom is -0.353 e. The van der Waals surface area contributed by atoms with Gasteiger partial charge < -0.3 is 10.6 Å². The molecule has 1 saturated carbocycles. The van der Waals surface area contributed by atoms with Crippen molar-refractivity contribution in [3.63, 3.8) is 0 Å². The first-order chi connectivity index (χ1) is 8.50. The molecule has 2 unspecified atom stereocenters. The van der Waals surface area contributed by atoms with Crippen LogP contribution >= 0.6 is 0 Å². The standard InChI is InChI=1S/C15H28N2O/c1-11(12-6-9-16-10-7-12)17-14(18)13-5-4-8-15(13,2)3/h11-13,16H,4-10H2,1-3H3,(H,17,18). The molecule has 0 aromatic rings. The molecule has 1 amide bonds. The van der Waals surface area contributed by atoms with E-state index in [2.05, 4.69) is 31.4 Å². The van der Waals surface area contributed by atoms with Gasteiger partial charge in [-0.15, -0.1) is 0 Å². The maximum absolute atomic E-state index is 12.4. The number of piperidine rings is 1. The number of hydrogen-bond acceptors (Lipinski definition) is 2. The molecule has 0 aromatic carbocycles. The second-order valence-electron chi connectivity index (χ2n) is 6.82. The molecule has 1 aliphatic carbocycles. The molecule has 0 aromatic heterocycles. The Hall–Kier alpha value is -0.570. The van der Waals surface area contributed by atoms with E-state index < -0.39 is 0 Å². The molecule has 2 N–H and O–H groups in total. The van der Waals surface area contributed by atoms with Crippen LogP contribution in [0.15, 0.2) is 0 Å². The summed E-state index contributed by atoms with van der Waals surface area (Å²) in [7, 11) is 0. The lowest BCUT2D eigenvalue weighted by molar-refractivity contribution is -0.128. The zero-order valence-corrected chi connectivity index (χ0v) is 12.1. The van der Waals surface area contributed by atoms with Crippen LogP contribution in [-0.2, 0) is 4.79 Å². The summed E-state index contributed by atoms with van der Waals surface area (Å²) in [6.45, 7) is 8.84. The SMILES string of the molecule is CC(NC(=O)C1CCCC1(C)C)C1CCNCC1.